The third kappa shape index (κ3) is 5.57. The zero-order chi connectivity index (χ0) is 21.3. The summed E-state index contributed by atoms with van der Waals surface area (Å²) in [4.78, 5) is 24.6. The molecule has 0 aliphatic rings. The summed E-state index contributed by atoms with van der Waals surface area (Å²) in [6.07, 6.45) is 0.992. The number of carbonyl (C=O) groups excluding carboxylic acids is 1. The fourth-order valence-electron chi connectivity index (χ4n) is 3.57. The van der Waals surface area contributed by atoms with E-state index in [0.29, 0.717) is 17.9 Å². The maximum absolute atomic E-state index is 13.4. The number of carboxylic acid groups (broad SMARTS) is 1. The van der Waals surface area contributed by atoms with Crippen LogP contribution in [0, 0.1) is 0 Å². The Kier molecular flexibility index (Phi) is 7.39. The first-order valence-electron chi connectivity index (χ1n) is 10.2. The Morgan fingerprint density at radius 3 is 2.40 bits per heavy atom. The molecule has 30 heavy (non-hydrogen) atoms. The molecular formula is C26H26O4. The first-order chi connectivity index (χ1) is 14.6. The summed E-state index contributed by atoms with van der Waals surface area (Å²) >= 11 is 0. The normalized spacial score (nSPS) is 11.6. The predicted molar refractivity (Wildman–Crippen MR) is 117 cm³/mol. The molecule has 1 atom stereocenters. The SMILES string of the molecule is CCc1ccccc1[C@H](CCC(=O)O)C(=O)c1cccc(OCc2ccccc2)c1. The van der Waals surface area contributed by atoms with Crippen molar-refractivity contribution in [3.8, 4) is 5.75 Å². The number of Topliss-reactive ketones (excluding diaryl/α,β-unsaturated/α-hetero) is 1. The van der Waals surface area contributed by atoms with Crippen LogP contribution < -0.4 is 4.74 Å². The summed E-state index contributed by atoms with van der Waals surface area (Å²) in [5.41, 5.74) is 3.55. The van der Waals surface area contributed by atoms with Crippen molar-refractivity contribution in [3.05, 3.63) is 101 Å². The number of ether oxygens (including phenoxy) is 1. The van der Waals surface area contributed by atoms with Gasteiger partial charge in [0.15, 0.2) is 5.78 Å². The van der Waals surface area contributed by atoms with Crippen molar-refractivity contribution in [3.63, 3.8) is 0 Å². The Morgan fingerprint density at radius 1 is 0.933 bits per heavy atom. The molecule has 3 aromatic rings. The Balaban J connectivity index is 1.84. The van der Waals surface area contributed by atoms with Crippen LogP contribution in [0.15, 0.2) is 78.9 Å². The minimum absolute atomic E-state index is 0.0569. The minimum atomic E-state index is -0.901. The molecule has 0 spiro atoms. The standard InChI is InChI=1S/C26H26O4/c1-2-20-11-6-7-14-23(20)24(15-16-25(27)28)26(29)21-12-8-13-22(17-21)30-18-19-9-4-3-5-10-19/h3-14,17,24H,2,15-16,18H2,1H3,(H,27,28)/t24-/m0/s1. The van der Waals surface area contributed by atoms with Crippen molar-refractivity contribution < 1.29 is 19.4 Å². The monoisotopic (exact) mass is 402 g/mol. The lowest BCUT2D eigenvalue weighted by Crippen LogP contribution is -2.16. The van der Waals surface area contributed by atoms with Crippen molar-refractivity contribution in [1.29, 1.82) is 0 Å². The first-order valence-corrected chi connectivity index (χ1v) is 10.2. The van der Waals surface area contributed by atoms with Crippen molar-refractivity contribution in [2.75, 3.05) is 0 Å². The molecule has 0 aromatic heterocycles. The molecule has 0 amide bonds. The van der Waals surface area contributed by atoms with E-state index in [1.54, 1.807) is 18.2 Å². The number of carboxylic acids is 1. The number of aliphatic carboxylic acids is 1. The van der Waals surface area contributed by atoms with Gasteiger partial charge in [0, 0.05) is 17.9 Å². The molecule has 4 nitrogen and oxygen atoms in total. The van der Waals surface area contributed by atoms with Crippen LogP contribution in [0.25, 0.3) is 0 Å². The molecule has 0 saturated carbocycles. The predicted octanol–water partition coefficient (Wildman–Crippen LogP) is 5.66. The number of ketones is 1. The molecule has 4 heteroatoms. The van der Waals surface area contributed by atoms with Crippen LogP contribution in [0.5, 0.6) is 5.75 Å². The van der Waals surface area contributed by atoms with E-state index in [0.717, 1.165) is 23.1 Å². The Labute approximate surface area is 177 Å². The van der Waals surface area contributed by atoms with Gasteiger partial charge in [-0.1, -0.05) is 73.7 Å². The van der Waals surface area contributed by atoms with Crippen LogP contribution >= 0.6 is 0 Å². The van der Waals surface area contributed by atoms with Crippen LogP contribution in [-0.4, -0.2) is 16.9 Å². The molecule has 0 radical (unpaired) electrons. The van der Waals surface area contributed by atoms with Crippen molar-refractivity contribution >= 4 is 11.8 Å². The van der Waals surface area contributed by atoms with Crippen LogP contribution in [0.2, 0.25) is 0 Å². The highest BCUT2D eigenvalue weighted by Crippen LogP contribution is 2.30. The van der Waals surface area contributed by atoms with Crippen LogP contribution in [0.3, 0.4) is 0 Å². The first kappa shape index (κ1) is 21.3. The van der Waals surface area contributed by atoms with Gasteiger partial charge in [0.2, 0.25) is 0 Å². The summed E-state index contributed by atoms with van der Waals surface area (Å²) in [5, 5.41) is 9.18. The quantitative estimate of drug-likeness (QED) is 0.445. The van der Waals surface area contributed by atoms with Crippen molar-refractivity contribution in [2.24, 2.45) is 0 Å². The van der Waals surface area contributed by atoms with Crippen molar-refractivity contribution in [2.45, 2.75) is 38.7 Å². The highest BCUT2D eigenvalue weighted by atomic mass is 16.5. The Bertz CT molecular complexity index is 995. The molecule has 0 saturated heterocycles. The topological polar surface area (TPSA) is 63.6 Å². The van der Waals surface area contributed by atoms with E-state index < -0.39 is 11.9 Å². The zero-order valence-electron chi connectivity index (χ0n) is 17.1. The van der Waals surface area contributed by atoms with E-state index in [1.165, 1.54) is 0 Å². The number of aryl methyl sites for hydroxylation is 1. The summed E-state index contributed by atoms with van der Waals surface area (Å²) in [7, 11) is 0. The average molecular weight is 402 g/mol. The van der Waals surface area contributed by atoms with Crippen LogP contribution in [0.1, 0.15) is 52.7 Å². The largest absolute Gasteiger partial charge is 0.489 e. The molecule has 0 aliphatic carbocycles. The lowest BCUT2D eigenvalue weighted by molar-refractivity contribution is -0.137. The number of carbonyl (C=O) groups is 2. The second-order valence-corrected chi connectivity index (χ2v) is 7.20. The molecule has 0 bridgehead atoms. The van der Waals surface area contributed by atoms with Gasteiger partial charge in [-0.25, -0.2) is 0 Å². The van der Waals surface area contributed by atoms with E-state index in [1.807, 2.05) is 67.6 Å². The van der Waals surface area contributed by atoms with Gasteiger partial charge in [-0.05, 0) is 41.7 Å². The fourth-order valence-corrected chi connectivity index (χ4v) is 3.57. The third-order valence-corrected chi connectivity index (χ3v) is 5.14. The zero-order valence-corrected chi connectivity index (χ0v) is 17.1. The summed E-state index contributed by atoms with van der Waals surface area (Å²) < 4.78 is 5.87. The summed E-state index contributed by atoms with van der Waals surface area (Å²) in [6.45, 7) is 2.45. The molecule has 3 aromatic carbocycles. The highest BCUT2D eigenvalue weighted by Gasteiger charge is 2.25. The fraction of sp³-hybridized carbons (Fsp3) is 0.231. The molecular weight excluding hydrogens is 376 g/mol. The van der Waals surface area contributed by atoms with E-state index >= 15 is 0 Å². The van der Waals surface area contributed by atoms with Gasteiger partial charge < -0.3 is 9.84 Å². The lowest BCUT2D eigenvalue weighted by Gasteiger charge is -2.19. The van der Waals surface area contributed by atoms with E-state index in [2.05, 4.69) is 0 Å². The van der Waals surface area contributed by atoms with Gasteiger partial charge in [0.25, 0.3) is 0 Å². The summed E-state index contributed by atoms with van der Waals surface area (Å²) in [5.74, 6) is -0.865. The molecule has 1 N–H and O–H groups in total. The number of hydrogen-bond donors (Lipinski definition) is 1. The summed E-state index contributed by atoms with van der Waals surface area (Å²) in [6, 6.07) is 24.7. The van der Waals surface area contributed by atoms with Crippen LogP contribution in [-0.2, 0) is 17.8 Å². The Morgan fingerprint density at radius 2 is 1.67 bits per heavy atom. The van der Waals surface area contributed by atoms with Gasteiger partial charge in [-0.3, -0.25) is 9.59 Å². The molecule has 0 aliphatic heterocycles. The number of rotatable bonds is 10. The molecule has 0 heterocycles. The van der Waals surface area contributed by atoms with E-state index in [-0.39, 0.29) is 18.6 Å². The molecule has 0 fully saturated rings. The average Bonchev–Trinajstić information content (AvgIpc) is 2.78. The third-order valence-electron chi connectivity index (χ3n) is 5.14. The maximum atomic E-state index is 13.4. The smallest absolute Gasteiger partial charge is 0.303 e. The number of benzene rings is 3. The molecule has 154 valence electrons. The van der Waals surface area contributed by atoms with Gasteiger partial charge in [0.1, 0.15) is 12.4 Å². The van der Waals surface area contributed by atoms with Crippen LogP contribution in [0.4, 0.5) is 0 Å². The second kappa shape index (κ2) is 10.4. The van der Waals surface area contributed by atoms with Gasteiger partial charge in [-0.2, -0.15) is 0 Å². The molecule has 3 rings (SSSR count). The maximum Gasteiger partial charge on any atom is 0.303 e. The highest BCUT2D eigenvalue weighted by molar-refractivity contribution is 6.01. The molecule has 0 unspecified atom stereocenters. The van der Waals surface area contributed by atoms with E-state index in [9.17, 15) is 14.7 Å². The second-order valence-electron chi connectivity index (χ2n) is 7.20. The minimum Gasteiger partial charge on any atom is -0.489 e. The Hall–Kier alpha value is -3.40. The van der Waals surface area contributed by atoms with Gasteiger partial charge >= 0.3 is 5.97 Å². The van der Waals surface area contributed by atoms with E-state index in [4.69, 9.17) is 4.74 Å². The van der Waals surface area contributed by atoms with Gasteiger partial charge in [0.05, 0.1) is 0 Å². The lowest BCUT2D eigenvalue weighted by atomic mass is 9.84. The number of hydrogen-bond acceptors (Lipinski definition) is 3. The van der Waals surface area contributed by atoms with Gasteiger partial charge in [-0.15, -0.1) is 0 Å². The van der Waals surface area contributed by atoms with Crippen molar-refractivity contribution in [1.82, 2.24) is 0 Å².